The van der Waals surface area contributed by atoms with Gasteiger partial charge in [-0.1, -0.05) is 59.8 Å². The van der Waals surface area contributed by atoms with Crippen molar-refractivity contribution in [1.82, 2.24) is 25.3 Å². The van der Waals surface area contributed by atoms with Gasteiger partial charge in [-0.2, -0.15) is 0 Å². The van der Waals surface area contributed by atoms with Crippen molar-refractivity contribution in [3.8, 4) is 16.9 Å². The van der Waals surface area contributed by atoms with Gasteiger partial charge in [0.25, 0.3) is 0 Å². The van der Waals surface area contributed by atoms with Crippen molar-refractivity contribution in [3.63, 3.8) is 0 Å². The summed E-state index contributed by atoms with van der Waals surface area (Å²) in [6.45, 7) is 0.382. The highest BCUT2D eigenvalue weighted by molar-refractivity contribution is 5.80. The highest BCUT2D eigenvalue weighted by Gasteiger charge is 2.18. The van der Waals surface area contributed by atoms with Gasteiger partial charge in [0, 0.05) is 11.8 Å². The molecule has 0 bridgehead atoms. The zero-order chi connectivity index (χ0) is 19.2. The number of aromatic nitrogens is 4. The van der Waals surface area contributed by atoms with Gasteiger partial charge in [-0.25, -0.2) is 4.68 Å². The first-order valence-corrected chi connectivity index (χ1v) is 9.03. The minimum absolute atomic E-state index is 0.122. The Morgan fingerprint density at radius 3 is 2.32 bits per heavy atom. The number of hydrogen-bond donors (Lipinski definition) is 1. The molecule has 6 nitrogen and oxygen atoms in total. The molecule has 4 rings (SSSR count). The third-order valence-electron chi connectivity index (χ3n) is 4.31. The number of carbonyl (C=O) groups is 1. The Labute approximate surface area is 162 Å². The standard InChI is InChI=1S/C22H19N5O/c28-21(24-16-18-11-7-8-14-23-18)15-20-22(17-9-3-1-4-10-17)27(26-25-20)19-12-5-2-6-13-19/h1-14H,15-16H2,(H,24,28). The lowest BCUT2D eigenvalue weighted by atomic mass is 10.1. The number of nitrogens with zero attached hydrogens (tertiary/aromatic N) is 4. The van der Waals surface area contributed by atoms with Gasteiger partial charge in [0.15, 0.2) is 0 Å². The van der Waals surface area contributed by atoms with E-state index in [0.29, 0.717) is 12.2 Å². The van der Waals surface area contributed by atoms with Gasteiger partial charge in [-0.15, -0.1) is 5.10 Å². The largest absolute Gasteiger partial charge is 0.350 e. The normalized spacial score (nSPS) is 10.6. The van der Waals surface area contributed by atoms with Gasteiger partial charge < -0.3 is 5.32 Å². The highest BCUT2D eigenvalue weighted by atomic mass is 16.1. The molecule has 28 heavy (non-hydrogen) atoms. The van der Waals surface area contributed by atoms with Crippen LogP contribution in [0.2, 0.25) is 0 Å². The van der Waals surface area contributed by atoms with Crippen LogP contribution in [0.15, 0.2) is 85.1 Å². The number of pyridine rings is 1. The zero-order valence-corrected chi connectivity index (χ0v) is 15.2. The Morgan fingerprint density at radius 1 is 0.893 bits per heavy atom. The number of hydrogen-bond acceptors (Lipinski definition) is 4. The Morgan fingerprint density at radius 2 is 1.61 bits per heavy atom. The van der Waals surface area contributed by atoms with Crippen molar-refractivity contribution in [2.75, 3.05) is 0 Å². The lowest BCUT2D eigenvalue weighted by Crippen LogP contribution is -2.25. The van der Waals surface area contributed by atoms with Crippen LogP contribution >= 0.6 is 0 Å². The van der Waals surface area contributed by atoms with Crippen LogP contribution < -0.4 is 5.32 Å². The van der Waals surface area contributed by atoms with Crippen LogP contribution in [0, 0.1) is 0 Å². The quantitative estimate of drug-likeness (QED) is 0.566. The van der Waals surface area contributed by atoms with Crippen molar-refractivity contribution in [3.05, 3.63) is 96.4 Å². The molecule has 0 unspecified atom stereocenters. The third kappa shape index (κ3) is 3.96. The molecule has 138 valence electrons. The molecule has 6 heteroatoms. The lowest BCUT2D eigenvalue weighted by molar-refractivity contribution is -0.120. The maximum atomic E-state index is 12.5. The molecular formula is C22H19N5O. The molecule has 1 amide bonds. The number of carbonyl (C=O) groups excluding carboxylic acids is 1. The molecule has 0 aliphatic heterocycles. The number of nitrogens with one attached hydrogen (secondary N) is 1. The molecule has 0 aliphatic rings. The Bertz CT molecular complexity index is 1050. The summed E-state index contributed by atoms with van der Waals surface area (Å²) < 4.78 is 1.77. The van der Waals surface area contributed by atoms with E-state index in [0.717, 1.165) is 22.6 Å². The van der Waals surface area contributed by atoms with E-state index in [9.17, 15) is 4.79 Å². The molecule has 2 aromatic carbocycles. The number of rotatable bonds is 6. The van der Waals surface area contributed by atoms with Gasteiger partial charge in [0.05, 0.1) is 30.0 Å². The van der Waals surface area contributed by atoms with E-state index in [1.807, 2.05) is 78.9 Å². The van der Waals surface area contributed by atoms with Crippen molar-refractivity contribution in [1.29, 1.82) is 0 Å². The fourth-order valence-corrected chi connectivity index (χ4v) is 2.97. The van der Waals surface area contributed by atoms with Gasteiger partial charge in [0.2, 0.25) is 5.91 Å². The summed E-state index contributed by atoms with van der Waals surface area (Å²) in [5, 5.41) is 11.5. The molecule has 0 radical (unpaired) electrons. The molecular weight excluding hydrogens is 350 g/mol. The number of benzene rings is 2. The van der Waals surface area contributed by atoms with E-state index in [4.69, 9.17) is 0 Å². The second-order valence-electron chi connectivity index (χ2n) is 6.27. The predicted octanol–water partition coefficient (Wildman–Crippen LogP) is 3.19. The summed E-state index contributed by atoms with van der Waals surface area (Å²) in [6, 6.07) is 25.3. The summed E-state index contributed by atoms with van der Waals surface area (Å²) in [5.74, 6) is -0.122. The monoisotopic (exact) mass is 369 g/mol. The molecule has 1 N–H and O–H groups in total. The first-order valence-electron chi connectivity index (χ1n) is 9.03. The van der Waals surface area contributed by atoms with Crippen LogP contribution in [-0.4, -0.2) is 25.9 Å². The van der Waals surface area contributed by atoms with E-state index in [-0.39, 0.29) is 12.3 Å². The SMILES string of the molecule is O=C(Cc1nnn(-c2ccccc2)c1-c1ccccc1)NCc1ccccn1. The van der Waals surface area contributed by atoms with E-state index >= 15 is 0 Å². The summed E-state index contributed by atoms with van der Waals surface area (Å²) in [5.41, 5.74) is 4.12. The van der Waals surface area contributed by atoms with Gasteiger partial charge in [0.1, 0.15) is 5.69 Å². The average Bonchev–Trinajstić information content (AvgIpc) is 3.17. The van der Waals surface area contributed by atoms with Gasteiger partial charge in [-0.3, -0.25) is 9.78 Å². The minimum atomic E-state index is -0.122. The van der Waals surface area contributed by atoms with Crippen molar-refractivity contribution < 1.29 is 4.79 Å². The Kier molecular flexibility index (Phi) is 5.20. The van der Waals surface area contributed by atoms with Gasteiger partial charge >= 0.3 is 0 Å². The Balaban J connectivity index is 1.60. The molecule has 0 saturated carbocycles. The molecule has 0 aliphatic carbocycles. The second kappa shape index (κ2) is 8.26. The van der Waals surface area contributed by atoms with Gasteiger partial charge in [-0.05, 0) is 24.3 Å². The first kappa shape index (κ1) is 17.6. The number of amides is 1. The molecule has 2 heterocycles. The summed E-state index contributed by atoms with van der Waals surface area (Å²) in [4.78, 5) is 16.7. The van der Waals surface area contributed by atoms with Crippen LogP contribution in [0.3, 0.4) is 0 Å². The Hall–Kier alpha value is -3.80. The number of para-hydroxylation sites is 1. The molecule has 0 spiro atoms. The maximum absolute atomic E-state index is 12.5. The second-order valence-corrected chi connectivity index (χ2v) is 6.27. The summed E-state index contributed by atoms with van der Waals surface area (Å²) in [6.07, 6.45) is 1.85. The summed E-state index contributed by atoms with van der Waals surface area (Å²) >= 11 is 0. The predicted molar refractivity (Wildman–Crippen MR) is 107 cm³/mol. The first-order chi connectivity index (χ1) is 13.8. The van der Waals surface area contributed by atoms with Crippen LogP contribution in [0.4, 0.5) is 0 Å². The third-order valence-corrected chi connectivity index (χ3v) is 4.31. The van der Waals surface area contributed by atoms with Crippen LogP contribution in [0.5, 0.6) is 0 Å². The molecule has 2 aromatic heterocycles. The molecule has 0 fully saturated rings. The minimum Gasteiger partial charge on any atom is -0.350 e. The molecule has 0 saturated heterocycles. The zero-order valence-electron chi connectivity index (χ0n) is 15.2. The van der Waals surface area contributed by atoms with E-state index in [1.165, 1.54) is 0 Å². The highest BCUT2D eigenvalue weighted by Crippen LogP contribution is 2.25. The van der Waals surface area contributed by atoms with E-state index < -0.39 is 0 Å². The fraction of sp³-hybridized carbons (Fsp3) is 0.0909. The fourth-order valence-electron chi connectivity index (χ4n) is 2.97. The lowest BCUT2D eigenvalue weighted by Gasteiger charge is -2.09. The van der Waals surface area contributed by atoms with Crippen molar-refractivity contribution in [2.45, 2.75) is 13.0 Å². The van der Waals surface area contributed by atoms with Crippen molar-refractivity contribution >= 4 is 5.91 Å². The van der Waals surface area contributed by atoms with Crippen LogP contribution in [0.1, 0.15) is 11.4 Å². The smallest absolute Gasteiger partial charge is 0.226 e. The van der Waals surface area contributed by atoms with Crippen molar-refractivity contribution in [2.24, 2.45) is 0 Å². The molecule has 0 atom stereocenters. The van der Waals surface area contributed by atoms with Crippen LogP contribution in [-0.2, 0) is 17.8 Å². The van der Waals surface area contributed by atoms with E-state index in [2.05, 4.69) is 20.6 Å². The summed E-state index contributed by atoms with van der Waals surface area (Å²) in [7, 11) is 0. The molecule has 4 aromatic rings. The maximum Gasteiger partial charge on any atom is 0.226 e. The average molecular weight is 369 g/mol. The topological polar surface area (TPSA) is 72.7 Å². The van der Waals surface area contributed by atoms with E-state index in [1.54, 1.807) is 10.9 Å². The van der Waals surface area contributed by atoms with Crippen LogP contribution in [0.25, 0.3) is 16.9 Å².